The van der Waals surface area contributed by atoms with Crippen LogP contribution < -0.4 is 0 Å². The highest BCUT2D eigenvalue weighted by Crippen LogP contribution is 2.40. The number of aliphatic hydroxyl groups is 1. The zero-order valence-corrected chi connectivity index (χ0v) is 16.9. The van der Waals surface area contributed by atoms with Crippen LogP contribution in [0.2, 0.25) is 0 Å². The molecule has 0 spiro atoms. The lowest BCUT2D eigenvalue weighted by Gasteiger charge is -2.41. The summed E-state index contributed by atoms with van der Waals surface area (Å²) in [6.45, 7) is 7.66. The summed E-state index contributed by atoms with van der Waals surface area (Å²) in [5.41, 5.74) is -0.105. The third kappa shape index (κ3) is 9.17. The van der Waals surface area contributed by atoms with E-state index in [0.29, 0.717) is 72.7 Å². The Kier molecular flexibility index (Phi) is 11.8. The van der Waals surface area contributed by atoms with E-state index in [9.17, 15) is 5.11 Å². The van der Waals surface area contributed by atoms with E-state index in [1.807, 2.05) is 0 Å². The molecule has 0 amide bonds. The Morgan fingerprint density at radius 3 is 1.63 bits per heavy atom. The lowest BCUT2D eigenvalue weighted by molar-refractivity contribution is -0.138. The van der Waals surface area contributed by atoms with E-state index in [4.69, 9.17) is 28.4 Å². The molecule has 0 radical (unpaired) electrons. The monoisotopic (exact) mass is 390 g/mol. The maximum absolute atomic E-state index is 11.0. The molecule has 2 fully saturated rings. The lowest BCUT2D eigenvalue weighted by Crippen LogP contribution is -2.46. The fourth-order valence-electron chi connectivity index (χ4n) is 3.67. The summed E-state index contributed by atoms with van der Waals surface area (Å²) in [4.78, 5) is 0. The van der Waals surface area contributed by atoms with E-state index in [2.05, 4.69) is 6.92 Å². The van der Waals surface area contributed by atoms with E-state index in [-0.39, 0.29) is 11.5 Å². The molecular formula is C20H38O7. The molecule has 2 aliphatic rings. The Morgan fingerprint density at radius 2 is 1.11 bits per heavy atom. The molecule has 27 heavy (non-hydrogen) atoms. The molecule has 2 atom stereocenters. The molecule has 0 bridgehead atoms. The average molecular weight is 391 g/mol. The number of ether oxygens (including phenoxy) is 6. The fraction of sp³-hybridized carbons (Fsp3) is 1.00. The Morgan fingerprint density at radius 1 is 0.667 bits per heavy atom. The standard InChI is InChI=1S/C20H38O7/c1-20(5-3-2-4-6-20)19(21)18-17-26-14-13-24-10-9-22-7-8-23-11-12-25-15-16-27-18/h18-19,21H,2-17H2,1H3/t18?,19-/m0/s1. The van der Waals surface area contributed by atoms with Crippen molar-refractivity contribution in [3.05, 3.63) is 0 Å². The zero-order chi connectivity index (χ0) is 19.2. The van der Waals surface area contributed by atoms with Crippen molar-refractivity contribution in [1.29, 1.82) is 0 Å². The molecule has 1 unspecified atom stereocenters. The highest BCUT2D eigenvalue weighted by atomic mass is 16.6. The van der Waals surface area contributed by atoms with Gasteiger partial charge in [-0.25, -0.2) is 0 Å². The summed E-state index contributed by atoms with van der Waals surface area (Å²) in [6.07, 6.45) is 4.76. The van der Waals surface area contributed by atoms with Crippen LogP contribution in [0.15, 0.2) is 0 Å². The number of rotatable bonds is 2. The first-order chi connectivity index (χ1) is 13.2. The summed E-state index contributed by atoms with van der Waals surface area (Å²) in [6, 6.07) is 0. The molecule has 1 aliphatic carbocycles. The molecule has 0 aromatic rings. The van der Waals surface area contributed by atoms with Crippen LogP contribution >= 0.6 is 0 Å². The lowest BCUT2D eigenvalue weighted by atomic mass is 9.70. The first-order valence-electron chi connectivity index (χ1n) is 10.4. The van der Waals surface area contributed by atoms with Gasteiger partial charge in [-0.15, -0.1) is 0 Å². The minimum absolute atomic E-state index is 0.105. The van der Waals surface area contributed by atoms with Crippen molar-refractivity contribution in [2.45, 2.75) is 51.2 Å². The van der Waals surface area contributed by atoms with Crippen LogP contribution in [0.3, 0.4) is 0 Å². The smallest absolute Gasteiger partial charge is 0.107 e. The first kappa shape index (κ1) is 23.0. The van der Waals surface area contributed by atoms with Crippen LogP contribution in [0.25, 0.3) is 0 Å². The van der Waals surface area contributed by atoms with E-state index in [1.54, 1.807) is 0 Å². The van der Waals surface area contributed by atoms with Gasteiger partial charge in [0.2, 0.25) is 0 Å². The average Bonchev–Trinajstić information content (AvgIpc) is 2.68. The molecule has 1 saturated heterocycles. The minimum Gasteiger partial charge on any atom is -0.390 e. The van der Waals surface area contributed by atoms with Crippen LogP contribution in [0.1, 0.15) is 39.0 Å². The normalized spacial score (nSPS) is 29.3. The Hall–Kier alpha value is -0.280. The van der Waals surface area contributed by atoms with Gasteiger partial charge in [0.1, 0.15) is 6.10 Å². The molecule has 0 aromatic carbocycles. The minimum atomic E-state index is -0.541. The van der Waals surface area contributed by atoms with Crippen LogP contribution in [0.4, 0.5) is 0 Å². The molecule has 2 rings (SSSR count). The van der Waals surface area contributed by atoms with E-state index < -0.39 is 6.10 Å². The van der Waals surface area contributed by atoms with Gasteiger partial charge >= 0.3 is 0 Å². The molecule has 1 aliphatic heterocycles. The summed E-state index contributed by atoms with van der Waals surface area (Å²) >= 11 is 0. The molecule has 1 N–H and O–H groups in total. The predicted octanol–water partition coefficient (Wildman–Crippen LogP) is 1.80. The van der Waals surface area contributed by atoms with E-state index >= 15 is 0 Å². The van der Waals surface area contributed by atoms with Crippen LogP contribution in [-0.2, 0) is 28.4 Å². The summed E-state index contributed by atoms with van der Waals surface area (Å²) in [7, 11) is 0. The van der Waals surface area contributed by atoms with Crippen LogP contribution in [0.5, 0.6) is 0 Å². The quantitative estimate of drug-likeness (QED) is 0.770. The summed E-state index contributed by atoms with van der Waals surface area (Å²) in [5, 5.41) is 11.0. The third-order valence-electron chi connectivity index (χ3n) is 5.39. The van der Waals surface area contributed by atoms with Gasteiger partial charge in [0, 0.05) is 0 Å². The maximum atomic E-state index is 11.0. The summed E-state index contributed by atoms with van der Waals surface area (Å²) < 4.78 is 33.6. The van der Waals surface area contributed by atoms with Gasteiger partial charge in [0.25, 0.3) is 0 Å². The highest BCUT2D eigenvalue weighted by Gasteiger charge is 2.39. The molecule has 1 saturated carbocycles. The fourth-order valence-corrected chi connectivity index (χ4v) is 3.67. The Labute approximate surface area is 163 Å². The molecule has 7 nitrogen and oxygen atoms in total. The molecule has 1 heterocycles. The van der Waals surface area contributed by atoms with Gasteiger partial charge in [-0.2, -0.15) is 0 Å². The molecule has 160 valence electrons. The van der Waals surface area contributed by atoms with Gasteiger partial charge in [0.15, 0.2) is 0 Å². The topological polar surface area (TPSA) is 75.6 Å². The SMILES string of the molecule is CC1([C@@H](O)C2COCCOCCOCCOCCOCCO2)CCCCC1. The highest BCUT2D eigenvalue weighted by molar-refractivity contribution is 4.89. The van der Waals surface area contributed by atoms with E-state index in [0.717, 1.165) is 12.8 Å². The van der Waals surface area contributed by atoms with Crippen molar-refractivity contribution in [1.82, 2.24) is 0 Å². The third-order valence-corrected chi connectivity index (χ3v) is 5.39. The first-order valence-corrected chi connectivity index (χ1v) is 10.4. The molecule has 0 aromatic heterocycles. The largest absolute Gasteiger partial charge is 0.390 e. The van der Waals surface area contributed by atoms with Crippen molar-refractivity contribution in [3.63, 3.8) is 0 Å². The van der Waals surface area contributed by atoms with Gasteiger partial charge in [-0.05, 0) is 18.3 Å². The number of aliphatic hydroxyl groups excluding tert-OH is 1. The maximum Gasteiger partial charge on any atom is 0.107 e. The predicted molar refractivity (Wildman–Crippen MR) is 101 cm³/mol. The van der Waals surface area contributed by atoms with Crippen molar-refractivity contribution < 1.29 is 33.5 Å². The van der Waals surface area contributed by atoms with Gasteiger partial charge in [-0.3, -0.25) is 0 Å². The van der Waals surface area contributed by atoms with Crippen molar-refractivity contribution in [2.75, 3.05) is 72.7 Å². The van der Waals surface area contributed by atoms with E-state index in [1.165, 1.54) is 19.3 Å². The Balaban J connectivity index is 1.81. The zero-order valence-electron chi connectivity index (χ0n) is 16.9. The number of hydrogen-bond acceptors (Lipinski definition) is 7. The molecule has 7 heteroatoms. The van der Waals surface area contributed by atoms with Crippen molar-refractivity contribution in [2.24, 2.45) is 5.41 Å². The van der Waals surface area contributed by atoms with Crippen molar-refractivity contribution >= 4 is 0 Å². The number of hydrogen-bond donors (Lipinski definition) is 1. The summed E-state index contributed by atoms with van der Waals surface area (Å²) in [5.74, 6) is 0. The van der Waals surface area contributed by atoms with Gasteiger partial charge in [0.05, 0.1) is 78.8 Å². The van der Waals surface area contributed by atoms with Gasteiger partial charge in [-0.1, -0.05) is 26.2 Å². The Bertz CT molecular complexity index is 342. The molecular weight excluding hydrogens is 352 g/mol. The van der Waals surface area contributed by atoms with Crippen LogP contribution in [-0.4, -0.2) is 90.0 Å². The van der Waals surface area contributed by atoms with Crippen LogP contribution in [0, 0.1) is 5.41 Å². The second kappa shape index (κ2) is 13.8. The second-order valence-electron chi connectivity index (χ2n) is 7.59. The van der Waals surface area contributed by atoms with Crippen molar-refractivity contribution in [3.8, 4) is 0 Å². The van der Waals surface area contributed by atoms with Gasteiger partial charge < -0.3 is 33.5 Å². The second-order valence-corrected chi connectivity index (χ2v) is 7.59.